The SMILES string of the molecule is CCCCCOC(=O)Oc1ccc(C(C(C)C(C)OC(=O)C(C)C(C)C)[C@H](N)C(=O)O)cc1OC(=O)OCCCCC. The van der Waals surface area contributed by atoms with Crippen molar-refractivity contribution in [2.45, 2.75) is 105 Å². The largest absolute Gasteiger partial charge is 0.513 e. The Kier molecular flexibility index (Phi) is 16.6. The van der Waals surface area contributed by atoms with Gasteiger partial charge in [-0.1, -0.05) is 73.3 Å². The Morgan fingerprint density at radius 1 is 0.810 bits per heavy atom. The highest BCUT2D eigenvalue weighted by Gasteiger charge is 2.36. The van der Waals surface area contributed by atoms with Crippen LogP contribution in [0.2, 0.25) is 0 Å². The van der Waals surface area contributed by atoms with Crippen LogP contribution in [0.15, 0.2) is 18.2 Å². The van der Waals surface area contributed by atoms with Crippen LogP contribution in [-0.4, -0.2) is 54.7 Å². The van der Waals surface area contributed by atoms with Crippen LogP contribution >= 0.6 is 0 Å². The monoisotopic (exact) mass is 595 g/mol. The molecule has 1 aromatic rings. The molecule has 0 aliphatic carbocycles. The van der Waals surface area contributed by atoms with E-state index in [4.69, 9.17) is 29.4 Å². The van der Waals surface area contributed by atoms with Crippen molar-refractivity contribution in [2.24, 2.45) is 23.5 Å². The topological polar surface area (TPSA) is 161 Å². The van der Waals surface area contributed by atoms with E-state index >= 15 is 0 Å². The summed E-state index contributed by atoms with van der Waals surface area (Å²) in [6, 6.07) is 2.87. The number of aliphatic carboxylic acids is 1. The maximum Gasteiger partial charge on any atom is 0.513 e. The van der Waals surface area contributed by atoms with Gasteiger partial charge in [-0.25, -0.2) is 9.59 Å². The van der Waals surface area contributed by atoms with E-state index < -0.39 is 48.2 Å². The number of unbranched alkanes of at least 4 members (excludes halogenated alkanes) is 4. The molecular formula is C31H49NO10. The number of carbonyl (C=O) groups excluding carboxylic acids is 3. The Morgan fingerprint density at radius 2 is 1.33 bits per heavy atom. The molecular weight excluding hydrogens is 546 g/mol. The molecule has 0 heterocycles. The van der Waals surface area contributed by atoms with Gasteiger partial charge < -0.3 is 34.5 Å². The Morgan fingerprint density at radius 3 is 1.81 bits per heavy atom. The molecule has 3 N–H and O–H groups in total. The summed E-state index contributed by atoms with van der Waals surface area (Å²) in [5.74, 6) is -3.70. The number of rotatable bonds is 18. The molecule has 0 spiro atoms. The first-order chi connectivity index (χ1) is 19.8. The van der Waals surface area contributed by atoms with Crippen LogP contribution in [-0.2, 0) is 23.8 Å². The average molecular weight is 596 g/mol. The van der Waals surface area contributed by atoms with Crippen molar-refractivity contribution < 1.29 is 48.0 Å². The molecule has 0 aromatic heterocycles. The lowest BCUT2D eigenvalue weighted by atomic mass is 9.79. The van der Waals surface area contributed by atoms with Crippen molar-refractivity contribution in [2.75, 3.05) is 13.2 Å². The number of ether oxygens (including phenoxy) is 5. The zero-order valence-electron chi connectivity index (χ0n) is 26.1. The van der Waals surface area contributed by atoms with Crippen LogP contribution in [0, 0.1) is 17.8 Å². The molecule has 11 nitrogen and oxygen atoms in total. The zero-order valence-corrected chi connectivity index (χ0v) is 26.1. The summed E-state index contributed by atoms with van der Waals surface area (Å²) in [7, 11) is 0. The van der Waals surface area contributed by atoms with E-state index in [9.17, 15) is 24.3 Å². The van der Waals surface area contributed by atoms with E-state index in [-0.39, 0.29) is 36.5 Å². The molecule has 0 radical (unpaired) electrons. The lowest BCUT2D eigenvalue weighted by Gasteiger charge is -2.32. The summed E-state index contributed by atoms with van der Waals surface area (Å²) in [6.45, 7) is 13.3. The highest BCUT2D eigenvalue weighted by atomic mass is 16.7. The number of hydrogen-bond donors (Lipinski definition) is 2. The third-order valence-corrected chi connectivity index (χ3v) is 7.33. The highest BCUT2D eigenvalue weighted by Crippen LogP contribution is 2.37. The number of hydrogen-bond acceptors (Lipinski definition) is 10. The van der Waals surface area contributed by atoms with E-state index in [1.807, 2.05) is 27.7 Å². The van der Waals surface area contributed by atoms with Crippen molar-refractivity contribution in [1.82, 2.24) is 0 Å². The Labute approximate surface area is 249 Å². The van der Waals surface area contributed by atoms with Crippen molar-refractivity contribution in [1.29, 1.82) is 0 Å². The quantitative estimate of drug-likeness (QED) is 0.0830. The normalized spacial score (nSPS) is 14.7. The van der Waals surface area contributed by atoms with Gasteiger partial charge in [0.25, 0.3) is 0 Å². The number of carbonyl (C=O) groups is 4. The fourth-order valence-electron chi connectivity index (χ4n) is 4.10. The number of esters is 1. The Balaban J connectivity index is 3.35. The number of carboxylic acid groups (broad SMARTS) is 1. The molecule has 42 heavy (non-hydrogen) atoms. The van der Waals surface area contributed by atoms with Gasteiger partial charge in [-0.2, -0.15) is 0 Å². The van der Waals surface area contributed by atoms with Gasteiger partial charge in [0.2, 0.25) is 0 Å². The highest BCUT2D eigenvalue weighted by molar-refractivity contribution is 5.75. The summed E-state index contributed by atoms with van der Waals surface area (Å²) in [6.07, 6.45) is 2.27. The molecule has 0 fully saturated rings. The van der Waals surface area contributed by atoms with Crippen LogP contribution in [0.5, 0.6) is 11.5 Å². The zero-order chi connectivity index (χ0) is 31.8. The summed E-state index contributed by atoms with van der Waals surface area (Å²) >= 11 is 0. The van der Waals surface area contributed by atoms with E-state index in [1.165, 1.54) is 18.2 Å². The van der Waals surface area contributed by atoms with Gasteiger partial charge in [0.1, 0.15) is 12.1 Å². The van der Waals surface area contributed by atoms with Gasteiger partial charge in [-0.15, -0.1) is 0 Å². The Hall–Kier alpha value is -3.34. The molecule has 238 valence electrons. The van der Waals surface area contributed by atoms with Crippen molar-refractivity contribution in [3.05, 3.63) is 23.8 Å². The predicted molar refractivity (Wildman–Crippen MR) is 157 cm³/mol. The molecule has 0 bridgehead atoms. The van der Waals surface area contributed by atoms with Gasteiger partial charge in [-0.05, 0) is 43.4 Å². The molecule has 0 amide bonds. The lowest BCUT2D eigenvalue weighted by molar-refractivity contribution is -0.157. The van der Waals surface area contributed by atoms with Crippen LogP contribution in [0.3, 0.4) is 0 Å². The van der Waals surface area contributed by atoms with Crippen LogP contribution in [0.25, 0.3) is 0 Å². The van der Waals surface area contributed by atoms with E-state index in [0.29, 0.717) is 18.4 Å². The van der Waals surface area contributed by atoms with Crippen molar-refractivity contribution in [3.8, 4) is 11.5 Å². The van der Waals surface area contributed by atoms with E-state index in [1.54, 1.807) is 20.8 Å². The second-order valence-electron chi connectivity index (χ2n) is 10.9. The fourth-order valence-corrected chi connectivity index (χ4v) is 4.10. The summed E-state index contributed by atoms with van der Waals surface area (Å²) in [5.41, 5.74) is 6.51. The van der Waals surface area contributed by atoms with Gasteiger partial charge >= 0.3 is 24.2 Å². The summed E-state index contributed by atoms with van der Waals surface area (Å²) < 4.78 is 26.6. The smallest absolute Gasteiger partial charge is 0.480 e. The number of carboxylic acids is 1. The first kappa shape index (κ1) is 36.7. The van der Waals surface area contributed by atoms with Crippen molar-refractivity contribution in [3.63, 3.8) is 0 Å². The summed E-state index contributed by atoms with van der Waals surface area (Å²) in [5, 5.41) is 9.81. The molecule has 4 unspecified atom stereocenters. The molecule has 1 aromatic carbocycles. The molecule has 0 saturated carbocycles. The van der Waals surface area contributed by atoms with Crippen molar-refractivity contribution >= 4 is 24.2 Å². The van der Waals surface area contributed by atoms with E-state index in [2.05, 4.69) is 0 Å². The first-order valence-corrected chi connectivity index (χ1v) is 14.9. The lowest BCUT2D eigenvalue weighted by Crippen LogP contribution is -2.43. The maximum atomic E-state index is 12.6. The molecule has 1 rings (SSSR count). The fraction of sp³-hybridized carbons (Fsp3) is 0.677. The first-order valence-electron chi connectivity index (χ1n) is 14.9. The molecule has 0 saturated heterocycles. The van der Waals surface area contributed by atoms with E-state index in [0.717, 1.165) is 25.7 Å². The van der Waals surface area contributed by atoms with Crippen LogP contribution in [0.4, 0.5) is 9.59 Å². The average Bonchev–Trinajstić information content (AvgIpc) is 2.94. The third kappa shape index (κ3) is 12.3. The van der Waals surface area contributed by atoms with Gasteiger partial charge in [0, 0.05) is 11.8 Å². The second kappa shape index (κ2) is 19.0. The number of benzene rings is 1. The summed E-state index contributed by atoms with van der Waals surface area (Å²) in [4.78, 5) is 49.4. The standard InChI is InChI=1S/C31H49NO10/c1-8-10-12-16-38-30(36)41-24-15-14-23(18-25(24)42-31(37)39-17-13-11-9-2)26(27(32)28(33)34)21(6)22(7)40-29(35)20(5)19(3)4/h14-15,18-22,26-27H,8-13,16-17,32H2,1-7H3,(H,33,34)/t20?,21?,22?,26?,27-/m0/s1. The Bertz CT molecular complexity index is 1010. The van der Waals surface area contributed by atoms with Gasteiger partial charge in [-0.3, -0.25) is 9.59 Å². The minimum Gasteiger partial charge on any atom is -0.480 e. The van der Waals surface area contributed by atoms with Crippen LogP contribution < -0.4 is 15.2 Å². The van der Waals surface area contributed by atoms with Crippen LogP contribution in [0.1, 0.15) is 98.5 Å². The minimum atomic E-state index is -1.40. The molecule has 5 atom stereocenters. The van der Waals surface area contributed by atoms with Gasteiger partial charge in [0.05, 0.1) is 19.1 Å². The molecule has 0 aliphatic heterocycles. The molecule has 11 heteroatoms. The molecule has 0 aliphatic rings. The minimum absolute atomic E-state index is 0.0596. The predicted octanol–water partition coefficient (Wildman–Crippen LogP) is 6.45. The second-order valence-corrected chi connectivity index (χ2v) is 10.9. The third-order valence-electron chi connectivity index (χ3n) is 7.33. The maximum absolute atomic E-state index is 12.6. The number of nitrogens with two attached hydrogens (primary N) is 1. The van der Waals surface area contributed by atoms with Gasteiger partial charge in [0.15, 0.2) is 11.5 Å².